The molecule has 3 N–H and O–H groups in total. The summed E-state index contributed by atoms with van der Waals surface area (Å²) in [4.78, 5) is 11.1. The molecule has 4 nitrogen and oxygen atoms in total. The van der Waals surface area contributed by atoms with Gasteiger partial charge in [-0.05, 0) is 24.1 Å². The summed E-state index contributed by atoms with van der Waals surface area (Å²) in [6.07, 6.45) is 0. The molecule has 0 radical (unpaired) electrons. The number of benzene rings is 1. The molecule has 2 rings (SSSR count). The minimum absolute atomic E-state index is 0. The third kappa shape index (κ3) is 2.22. The van der Waals surface area contributed by atoms with E-state index in [-0.39, 0.29) is 24.9 Å². The van der Waals surface area contributed by atoms with E-state index in [2.05, 4.69) is 5.32 Å². The molecule has 1 aliphatic rings. The Kier molecular flexibility index (Phi) is 3.55. The Morgan fingerprint density at radius 2 is 2.27 bits per heavy atom. The molecular weight excluding hydrogens is 216 g/mol. The standard InChI is InChI=1S/C10H12N2O2.ClH/c1-6-2-7(4-11)3-8-10(6)14-5-9(13)12-8;/h2-3H,4-5,11H2,1H3,(H,12,13);1H. The molecule has 0 saturated heterocycles. The van der Waals surface area contributed by atoms with Gasteiger partial charge in [0.1, 0.15) is 5.75 Å². The van der Waals surface area contributed by atoms with Crippen LogP contribution in [0.2, 0.25) is 0 Å². The Labute approximate surface area is 94.2 Å². The van der Waals surface area contributed by atoms with Crippen LogP contribution in [0.5, 0.6) is 5.75 Å². The van der Waals surface area contributed by atoms with Crippen molar-refractivity contribution in [3.8, 4) is 5.75 Å². The maximum absolute atomic E-state index is 11.1. The highest BCUT2D eigenvalue weighted by Gasteiger charge is 2.18. The van der Waals surface area contributed by atoms with Gasteiger partial charge >= 0.3 is 0 Å². The molecule has 82 valence electrons. The lowest BCUT2D eigenvalue weighted by atomic mass is 10.1. The van der Waals surface area contributed by atoms with Crippen molar-refractivity contribution in [1.82, 2.24) is 0 Å². The van der Waals surface area contributed by atoms with Gasteiger partial charge in [0.25, 0.3) is 5.91 Å². The number of aryl methyl sites for hydroxylation is 1. The van der Waals surface area contributed by atoms with Gasteiger partial charge in [0, 0.05) is 6.54 Å². The lowest BCUT2D eigenvalue weighted by Gasteiger charge is -2.20. The summed E-state index contributed by atoms with van der Waals surface area (Å²) in [5.74, 6) is 0.632. The van der Waals surface area contributed by atoms with Crippen molar-refractivity contribution < 1.29 is 9.53 Å². The lowest BCUT2D eigenvalue weighted by molar-refractivity contribution is -0.118. The summed E-state index contributed by atoms with van der Waals surface area (Å²) in [6, 6.07) is 3.82. The molecule has 0 aliphatic carbocycles. The predicted octanol–water partition coefficient (Wildman–Crippen LogP) is 1.21. The molecule has 0 fully saturated rings. The van der Waals surface area contributed by atoms with Gasteiger partial charge in [-0.15, -0.1) is 12.4 Å². The lowest BCUT2D eigenvalue weighted by Crippen LogP contribution is -2.26. The number of nitrogens with two attached hydrogens (primary N) is 1. The zero-order valence-electron chi connectivity index (χ0n) is 8.37. The maximum atomic E-state index is 11.1. The van der Waals surface area contributed by atoms with E-state index in [4.69, 9.17) is 10.5 Å². The molecule has 5 heteroatoms. The number of rotatable bonds is 1. The molecule has 0 spiro atoms. The van der Waals surface area contributed by atoms with Crippen molar-refractivity contribution in [2.45, 2.75) is 13.5 Å². The number of hydrogen-bond acceptors (Lipinski definition) is 3. The number of ether oxygens (including phenoxy) is 1. The fraction of sp³-hybridized carbons (Fsp3) is 0.300. The molecular formula is C10H13ClN2O2. The van der Waals surface area contributed by atoms with Crippen molar-refractivity contribution in [2.24, 2.45) is 5.73 Å². The monoisotopic (exact) mass is 228 g/mol. The summed E-state index contributed by atoms with van der Waals surface area (Å²) < 4.78 is 5.31. The van der Waals surface area contributed by atoms with E-state index in [1.807, 2.05) is 19.1 Å². The smallest absolute Gasteiger partial charge is 0.262 e. The first-order chi connectivity index (χ1) is 6.70. The largest absolute Gasteiger partial charge is 0.481 e. The van der Waals surface area contributed by atoms with E-state index < -0.39 is 0 Å². The Morgan fingerprint density at radius 1 is 1.53 bits per heavy atom. The molecule has 0 aromatic heterocycles. The minimum atomic E-state index is -0.119. The van der Waals surface area contributed by atoms with Crippen LogP contribution < -0.4 is 15.8 Å². The Morgan fingerprint density at radius 3 is 2.93 bits per heavy atom. The first kappa shape index (κ1) is 11.8. The second-order valence-electron chi connectivity index (χ2n) is 3.33. The zero-order valence-corrected chi connectivity index (χ0v) is 9.19. The van der Waals surface area contributed by atoms with Crippen LogP contribution in [0.3, 0.4) is 0 Å². The average molecular weight is 229 g/mol. The van der Waals surface area contributed by atoms with E-state index in [0.29, 0.717) is 6.54 Å². The molecule has 0 atom stereocenters. The molecule has 1 heterocycles. The normalized spacial score (nSPS) is 13.3. The number of fused-ring (bicyclic) bond motifs is 1. The Bertz CT molecular complexity index is 393. The van der Waals surface area contributed by atoms with E-state index >= 15 is 0 Å². The number of anilines is 1. The molecule has 0 saturated carbocycles. The minimum Gasteiger partial charge on any atom is -0.481 e. The highest BCUT2D eigenvalue weighted by molar-refractivity contribution is 5.95. The maximum Gasteiger partial charge on any atom is 0.262 e. The van der Waals surface area contributed by atoms with Gasteiger partial charge < -0.3 is 15.8 Å². The second-order valence-corrected chi connectivity index (χ2v) is 3.33. The molecule has 15 heavy (non-hydrogen) atoms. The van der Waals surface area contributed by atoms with Crippen LogP contribution in [0.1, 0.15) is 11.1 Å². The van der Waals surface area contributed by atoms with Crippen LogP contribution in [-0.2, 0) is 11.3 Å². The first-order valence-corrected chi connectivity index (χ1v) is 4.47. The van der Waals surface area contributed by atoms with Crippen LogP contribution in [0.4, 0.5) is 5.69 Å². The van der Waals surface area contributed by atoms with Crippen molar-refractivity contribution in [1.29, 1.82) is 0 Å². The summed E-state index contributed by atoms with van der Waals surface area (Å²) in [7, 11) is 0. The Balaban J connectivity index is 0.00000112. The molecule has 0 unspecified atom stereocenters. The second kappa shape index (κ2) is 4.51. The van der Waals surface area contributed by atoms with Crippen LogP contribution in [0.25, 0.3) is 0 Å². The van der Waals surface area contributed by atoms with Crippen molar-refractivity contribution in [3.05, 3.63) is 23.3 Å². The fourth-order valence-electron chi connectivity index (χ4n) is 1.57. The van der Waals surface area contributed by atoms with Gasteiger partial charge in [-0.25, -0.2) is 0 Å². The first-order valence-electron chi connectivity index (χ1n) is 4.47. The van der Waals surface area contributed by atoms with Crippen LogP contribution in [-0.4, -0.2) is 12.5 Å². The van der Waals surface area contributed by atoms with E-state index in [1.165, 1.54) is 0 Å². The molecule has 1 amide bonds. The average Bonchev–Trinajstić information content (AvgIpc) is 2.16. The van der Waals surface area contributed by atoms with Gasteiger partial charge in [0.15, 0.2) is 6.61 Å². The van der Waals surface area contributed by atoms with Crippen LogP contribution in [0, 0.1) is 6.92 Å². The Hall–Kier alpha value is -1.26. The van der Waals surface area contributed by atoms with E-state index in [0.717, 1.165) is 22.6 Å². The van der Waals surface area contributed by atoms with E-state index in [9.17, 15) is 4.79 Å². The fourth-order valence-corrected chi connectivity index (χ4v) is 1.57. The quantitative estimate of drug-likeness (QED) is 0.759. The summed E-state index contributed by atoms with van der Waals surface area (Å²) in [5, 5.41) is 2.76. The van der Waals surface area contributed by atoms with Gasteiger partial charge in [-0.2, -0.15) is 0 Å². The highest BCUT2D eigenvalue weighted by Crippen LogP contribution is 2.32. The van der Waals surface area contributed by atoms with Gasteiger partial charge in [-0.1, -0.05) is 6.07 Å². The number of amides is 1. The third-order valence-corrected chi connectivity index (χ3v) is 2.19. The molecule has 1 aromatic rings. The van der Waals surface area contributed by atoms with Crippen LogP contribution in [0.15, 0.2) is 12.1 Å². The molecule has 1 aliphatic heterocycles. The van der Waals surface area contributed by atoms with Crippen molar-refractivity contribution >= 4 is 24.0 Å². The van der Waals surface area contributed by atoms with Crippen molar-refractivity contribution in [2.75, 3.05) is 11.9 Å². The number of halogens is 1. The zero-order chi connectivity index (χ0) is 10.1. The molecule has 0 bridgehead atoms. The molecule has 1 aromatic carbocycles. The summed E-state index contributed by atoms with van der Waals surface area (Å²) in [5.41, 5.74) is 8.25. The SMILES string of the molecule is Cc1cc(CN)cc2c1OCC(=O)N2.Cl. The van der Waals surface area contributed by atoms with E-state index in [1.54, 1.807) is 0 Å². The highest BCUT2D eigenvalue weighted by atomic mass is 35.5. The van der Waals surface area contributed by atoms with Gasteiger partial charge in [0.05, 0.1) is 5.69 Å². The number of nitrogens with one attached hydrogen (secondary N) is 1. The summed E-state index contributed by atoms with van der Waals surface area (Å²) >= 11 is 0. The third-order valence-electron chi connectivity index (χ3n) is 2.19. The topological polar surface area (TPSA) is 64.3 Å². The number of hydrogen-bond donors (Lipinski definition) is 2. The van der Waals surface area contributed by atoms with Crippen molar-refractivity contribution in [3.63, 3.8) is 0 Å². The number of carbonyl (C=O) groups is 1. The van der Waals surface area contributed by atoms with Gasteiger partial charge in [0.2, 0.25) is 0 Å². The van der Waals surface area contributed by atoms with Crippen LogP contribution >= 0.6 is 12.4 Å². The number of carbonyl (C=O) groups excluding carboxylic acids is 1. The predicted molar refractivity (Wildman–Crippen MR) is 60.4 cm³/mol. The van der Waals surface area contributed by atoms with Gasteiger partial charge in [-0.3, -0.25) is 4.79 Å². The summed E-state index contributed by atoms with van der Waals surface area (Å²) in [6.45, 7) is 2.50.